The van der Waals surface area contributed by atoms with Crippen molar-refractivity contribution in [2.75, 3.05) is 12.4 Å². The summed E-state index contributed by atoms with van der Waals surface area (Å²) >= 11 is 4.39. The molecule has 1 N–H and O–H groups in total. The number of anilines is 1. The van der Waals surface area contributed by atoms with Gasteiger partial charge in [0.25, 0.3) is 5.91 Å². The molecule has 0 bridgehead atoms. The van der Waals surface area contributed by atoms with Gasteiger partial charge in [-0.15, -0.1) is 0 Å². The Kier molecular flexibility index (Phi) is 4.86. The molecule has 0 aliphatic heterocycles. The summed E-state index contributed by atoms with van der Waals surface area (Å²) < 4.78 is 23.0. The Labute approximate surface area is 149 Å². The summed E-state index contributed by atoms with van der Waals surface area (Å²) in [6.07, 6.45) is 0. The molecule has 2 aromatic carbocycles. The van der Waals surface area contributed by atoms with Crippen molar-refractivity contribution in [1.82, 2.24) is 9.36 Å². The van der Waals surface area contributed by atoms with Crippen LogP contribution >= 0.6 is 27.5 Å². The van der Waals surface area contributed by atoms with Crippen LogP contribution in [-0.2, 0) is 0 Å². The normalized spacial score (nSPS) is 10.5. The van der Waals surface area contributed by atoms with Crippen LogP contribution in [0.3, 0.4) is 0 Å². The van der Waals surface area contributed by atoms with Gasteiger partial charge in [0.2, 0.25) is 5.13 Å². The number of benzene rings is 2. The van der Waals surface area contributed by atoms with Gasteiger partial charge in [-0.3, -0.25) is 10.1 Å². The fraction of sp³-hybridized carbons (Fsp3) is 0.0625. The summed E-state index contributed by atoms with van der Waals surface area (Å²) in [5.41, 5.74) is 1.11. The lowest BCUT2D eigenvalue weighted by atomic mass is 10.2. The SMILES string of the molecule is COc1cc(Br)cc(C(=O)Nc2nc(-c3ccc(F)cc3)ns2)c1. The lowest BCUT2D eigenvalue weighted by molar-refractivity contribution is 0.102. The summed E-state index contributed by atoms with van der Waals surface area (Å²) in [7, 11) is 1.53. The summed E-state index contributed by atoms with van der Waals surface area (Å²) in [5, 5.41) is 3.05. The van der Waals surface area contributed by atoms with Gasteiger partial charge in [0.1, 0.15) is 11.6 Å². The van der Waals surface area contributed by atoms with E-state index in [1.807, 2.05) is 0 Å². The number of aromatic nitrogens is 2. The number of halogens is 2. The first-order chi connectivity index (χ1) is 11.5. The first kappa shape index (κ1) is 16.5. The van der Waals surface area contributed by atoms with E-state index in [2.05, 4.69) is 30.6 Å². The van der Waals surface area contributed by atoms with Crippen molar-refractivity contribution in [3.05, 3.63) is 58.3 Å². The minimum absolute atomic E-state index is 0.323. The van der Waals surface area contributed by atoms with Gasteiger partial charge >= 0.3 is 0 Å². The van der Waals surface area contributed by atoms with Crippen molar-refractivity contribution in [2.24, 2.45) is 0 Å². The van der Waals surface area contributed by atoms with E-state index in [1.54, 1.807) is 30.3 Å². The van der Waals surface area contributed by atoms with Crippen molar-refractivity contribution in [3.63, 3.8) is 0 Å². The van der Waals surface area contributed by atoms with Crippen molar-refractivity contribution >= 4 is 38.5 Å². The molecule has 8 heteroatoms. The lowest BCUT2D eigenvalue weighted by Gasteiger charge is -2.05. The predicted molar refractivity (Wildman–Crippen MR) is 94.0 cm³/mol. The topological polar surface area (TPSA) is 64.1 Å². The van der Waals surface area contributed by atoms with E-state index >= 15 is 0 Å². The van der Waals surface area contributed by atoms with E-state index in [0.29, 0.717) is 27.8 Å². The van der Waals surface area contributed by atoms with Crippen molar-refractivity contribution in [1.29, 1.82) is 0 Å². The minimum Gasteiger partial charge on any atom is -0.497 e. The second kappa shape index (κ2) is 7.06. The molecule has 0 spiro atoms. The molecule has 3 rings (SSSR count). The van der Waals surface area contributed by atoms with E-state index < -0.39 is 0 Å². The first-order valence-electron chi connectivity index (χ1n) is 6.81. The van der Waals surface area contributed by atoms with Crippen molar-refractivity contribution in [2.45, 2.75) is 0 Å². The summed E-state index contributed by atoms with van der Waals surface area (Å²) in [4.78, 5) is 16.6. The molecule has 5 nitrogen and oxygen atoms in total. The molecule has 24 heavy (non-hydrogen) atoms. The fourth-order valence-electron chi connectivity index (χ4n) is 1.97. The largest absolute Gasteiger partial charge is 0.497 e. The average molecular weight is 408 g/mol. The molecule has 0 fully saturated rings. The molecule has 1 heterocycles. The van der Waals surface area contributed by atoms with Gasteiger partial charge in [-0.1, -0.05) is 15.9 Å². The van der Waals surface area contributed by atoms with E-state index in [9.17, 15) is 9.18 Å². The number of hydrogen-bond donors (Lipinski definition) is 1. The molecule has 1 amide bonds. The van der Waals surface area contributed by atoms with Gasteiger partial charge in [-0.2, -0.15) is 9.36 Å². The van der Waals surface area contributed by atoms with E-state index in [-0.39, 0.29) is 11.7 Å². The van der Waals surface area contributed by atoms with Crippen LogP contribution in [0, 0.1) is 5.82 Å². The Balaban J connectivity index is 1.78. The number of nitrogens with one attached hydrogen (secondary N) is 1. The maximum Gasteiger partial charge on any atom is 0.257 e. The maximum absolute atomic E-state index is 13.0. The zero-order valence-corrected chi connectivity index (χ0v) is 14.8. The molecule has 0 saturated heterocycles. The number of nitrogens with zero attached hydrogens (tertiary/aromatic N) is 2. The highest BCUT2D eigenvalue weighted by molar-refractivity contribution is 9.10. The molecule has 0 atom stereocenters. The maximum atomic E-state index is 13.0. The summed E-state index contributed by atoms with van der Waals surface area (Å²) in [6, 6.07) is 10.9. The molecule has 122 valence electrons. The third-order valence-electron chi connectivity index (χ3n) is 3.12. The second-order valence-corrected chi connectivity index (χ2v) is 6.43. The quantitative estimate of drug-likeness (QED) is 0.697. The molecule has 0 aliphatic carbocycles. The Morgan fingerprint density at radius 1 is 1.25 bits per heavy atom. The molecular formula is C16H11BrFN3O2S. The smallest absolute Gasteiger partial charge is 0.257 e. The molecule has 0 radical (unpaired) electrons. The van der Waals surface area contributed by atoms with Gasteiger partial charge < -0.3 is 4.74 Å². The molecule has 0 unspecified atom stereocenters. The van der Waals surface area contributed by atoms with Crippen LogP contribution in [0.2, 0.25) is 0 Å². The zero-order valence-electron chi connectivity index (χ0n) is 12.4. The molecule has 3 aromatic rings. The van der Waals surface area contributed by atoms with Crippen LogP contribution in [-0.4, -0.2) is 22.4 Å². The lowest BCUT2D eigenvalue weighted by Crippen LogP contribution is -2.11. The van der Waals surface area contributed by atoms with Crippen LogP contribution < -0.4 is 10.1 Å². The van der Waals surface area contributed by atoms with Gasteiger partial charge in [0.15, 0.2) is 5.82 Å². The molecule has 0 aliphatic rings. The Morgan fingerprint density at radius 3 is 2.71 bits per heavy atom. The minimum atomic E-state index is -0.328. The number of carbonyl (C=O) groups excluding carboxylic acids is 1. The van der Waals surface area contributed by atoms with Crippen LogP contribution in [0.25, 0.3) is 11.4 Å². The number of hydrogen-bond acceptors (Lipinski definition) is 5. The van der Waals surface area contributed by atoms with Crippen molar-refractivity contribution in [3.8, 4) is 17.1 Å². The molecule has 1 aromatic heterocycles. The van der Waals surface area contributed by atoms with Gasteiger partial charge in [-0.05, 0) is 42.5 Å². The molecule has 0 saturated carbocycles. The summed E-state index contributed by atoms with van der Waals surface area (Å²) in [5.74, 6) is 0.350. The van der Waals surface area contributed by atoms with Crippen LogP contribution in [0.5, 0.6) is 5.75 Å². The van der Waals surface area contributed by atoms with Gasteiger partial charge in [-0.25, -0.2) is 4.39 Å². The Hall–Kier alpha value is -2.32. The summed E-state index contributed by atoms with van der Waals surface area (Å²) in [6.45, 7) is 0. The number of carbonyl (C=O) groups is 1. The van der Waals surface area contributed by atoms with E-state index in [0.717, 1.165) is 16.0 Å². The number of methoxy groups -OCH3 is 1. The Morgan fingerprint density at radius 2 is 2.00 bits per heavy atom. The van der Waals surface area contributed by atoms with Crippen LogP contribution in [0.15, 0.2) is 46.9 Å². The Bertz CT molecular complexity index is 883. The highest BCUT2D eigenvalue weighted by Gasteiger charge is 2.13. The third-order valence-corrected chi connectivity index (χ3v) is 4.21. The second-order valence-electron chi connectivity index (χ2n) is 4.76. The predicted octanol–water partition coefficient (Wildman–Crippen LogP) is 4.37. The monoisotopic (exact) mass is 407 g/mol. The zero-order chi connectivity index (χ0) is 17.1. The highest BCUT2D eigenvalue weighted by Crippen LogP contribution is 2.24. The van der Waals surface area contributed by atoms with Crippen molar-refractivity contribution < 1.29 is 13.9 Å². The van der Waals surface area contributed by atoms with Gasteiger partial charge in [0.05, 0.1) is 7.11 Å². The first-order valence-corrected chi connectivity index (χ1v) is 8.37. The van der Waals surface area contributed by atoms with E-state index in [4.69, 9.17) is 4.74 Å². The number of amides is 1. The fourth-order valence-corrected chi connectivity index (χ4v) is 3.03. The standard InChI is InChI=1S/C16H11BrFN3O2S/c1-23-13-7-10(6-11(17)8-13)15(22)20-16-19-14(21-24-16)9-2-4-12(18)5-3-9/h2-8H,1H3,(H,19,20,21,22). The average Bonchev–Trinajstić information content (AvgIpc) is 3.03. The van der Waals surface area contributed by atoms with E-state index in [1.165, 1.54) is 19.2 Å². The van der Waals surface area contributed by atoms with Crippen LogP contribution in [0.1, 0.15) is 10.4 Å². The third kappa shape index (κ3) is 3.77. The van der Waals surface area contributed by atoms with Crippen LogP contribution in [0.4, 0.5) is 9.52 Å². The molecular weight excluding hydrogens is 397 g/mol. The number of ether oxygens (including phenoxy) is 1. The highest BCUT2D eigenvalue weighted by atomic mass is 79.9. The number of rotatable bonds is 4. The van der Waals surface area contributed by atoms with Gasteiger partial charge in [0, 0.05) is 27.1 Å².